The Kier molecular flexibility index (Phi) is 3.70. The minimum absolute atomic E-state index is 0.740. The molecule has 0 bridgehead atoms. The summed E-state index contributed by atoms with van der Waals surface area (Å²) in [6.07, 6.45) is 0.902. The molecule has 0 aliphatic carbocycles. The first-order chi connectivity index (χ1) is 9.02. The van der Waals surface area contributed by atoms with Crippen molar-refractivity contribution in [3.63, 3.8) is 0 Å². The molecule has 2 nitrogen and oxygen atoms in total. The number of anilines is 1. The predicted molar refractivity (Wildman–Crippen MR) is 81.1 cm³/mol. The van der Waals surface area contributed by atoms with Crippen LogP contribution in [0.1, 0.15) is 21.5 Å². The number of nitrogens with zero attached hydrogens (tertiary/aromatic N) is 1. The molecule has 98 valence electrons. The number of hydrogen-bond acceptors (Lipinski definition) is 2. The minimum atomic E-state index is 0.740. The Bertz CT molecular complexity index is 574. The van der Waals surface area contributed by atoms with Gasteiger partial charge in [0, 0.05) is 25.3 Å². The maximum Gasteiger partial charge on any atom is 0.150 e. The standard InChI is InChI=1S/C17H19NO/c1-12-9-14(11-19)10-13(2)17(12)15-5-7-16(8-6-15)18(3)4/h5-11H,1-4H3. The summed E-state index contributed by atoms with van der Waals surface area (Å²) < 4.78 is 0. The van der Waals surface area contributed by atoms with Crippen LogP contribution < -0.4 is 4.90 Å². The van der Waals surface area contributed by atoms with Gasteiger partial charge in [-0.15, -0.1) is 0 Å². The predicted octanol–water partition coefficient (Wildman–Crippen LogP) is 3.85. The molecule has 2 aromatic rings. The number of carbonyl (C=O) groups is 1. The largest absolute Gasteiger partial charge is 0.378 e. The second-order valence-corrected chi connectivity index (χ2v) is 5.09. The van der Waals surface area contributed by atoms with Gasteiger partial charge in [0.1, 0.15) is 6.29 Å². The molecule has 0 saturated heterocycles. The van der Waals surface area contributed by atoms with Gasteiger partial charge < -0.3 is 4.90 Å². The van der Waals surface area contributed by atoms with Crippen molar-refractivity contribution in [3.05, 3.63) is 53.1 Å². The van der Waals surface area contributed by atoms with Crippen LogP contribution in [0.15, 0.2) is 36.4 Å². The zero-order valence-corrected chi connectivity index (χ0v) is 11.9. The lowest BCUT2D eigenvalue weighted by Gasteiger charge is -2.15. The monoisotopic (exact) mass is 253 g/mol. The highest BCUT2D eigenvalue weighted by Gasteiger charge is 2.07. The summed E-state index contributed by atoms with van der Waals surface area (Å²) in [5.41, 5.74) is 6.61. The van der Waals surface area contributed by atoms with Crippen LogP contribution in [0.5, 0.6) is 0 Å². The second-order valence-electron chi connectivity index (χ2n) is 5.09. The van der Waals surface area contributed by atoms with E-state index < -0.39 is 0 Å². The fraction of sp³-hybridized carbons (Fsp3) is 0.235. The molecule has 0 spiro atoms. The van der Waals surface area contributed by atoms with Gasteiger partial charge in [0.05, 0.1) is 0 Å². The first kappa shape index (κ1) is 13.3. The lowest BCUT2D eigenvalue weighted by Crippen LogP contribution is -2.08. The molecule has 0 atom stereocenters. The van der Waals surface area contributed by atoms with Gasteiger partial charge in [-0.25, -0.2) is 0 Å². The smallest absolute Gasteiger partial charge is 0.150 e. The van der Waals surface area contributed by atoms with Crippen molar-refractivity contribution in [2.75, 3.05) is 19.0 Å². The molecule has 2 rings (SSSR count). The molecule has 0 aromatic heterocycles. The van der Waals surface area contributed by atoms with Gasteiger partial charge in [0.15, 0.2) is 0 Å². The maximum absolute atomic E-state index is 10.9. The van der Waals surface area contributed by atoms with Crippen LogP contribution >= 0.6 is 0 Å². The van der Waals surface area contributed by atoms with Crippen LogP contribution in [-0.2, 0) is 0 Å². The molecule has 0 N–H and O–H groups in total. The molecular formula is C17H19NO. The fourth-order valence-corrected chi connectivity index (χ4v) is 2.45. The Morgan fingerprint density at radius 2 is 1.47 bits per heavy atom. The van der Waals surface area contributed by atoms with Gasteiger partial charge in [0.2, 0.25) is 0 Å². The Labute approximate surface area is 114 Å². The molecule has 0 amide bonds. The third-order valence-corrected chi connectivity index (χ3v) is 3.36. The van der Waals surface area contributed by atoms with Crippen LogP contribution in [-0.4, -0.2) is 20.4 Å². The molecule has 2 heteroatoms. The minimum Gasteiger partial charge on any atom is -0.378 e. The van der Waals surface area contributed by atoms with Crippen molar-refractivity contribution < 1.29 is 4.79 Å². The Morgan fingerprint density at radius 3 is 1.89 bits per heavy atom. The maximum atomic E-state index is 10.9. The third-order valence-electron chi connectivity index (χ3n) is 3.36. The average molecular weight is 253 g/mol. The molecule has 0 radical (unpaired) electrons. The van der Waals surface area contributed by atoms with E-state index >= 15 is 0 Å². The number of rotatable bonds is 3. The van der Waals surface area contributed by atoms with Crippen molar-refractivity contribution >= 4 is 12.0 Å². The van der Waals surface area contributed by atoms with Crippen molar-refractivity contribution in [2.24, 2.45) is 0 Å². The van der Waals surface area contributed by atoms with E-state index in [4.69, 9.17) is 0 Å². The zero-order chi connectivity index (χ0) is 14.0. The Hall–Kier alpha value is -2.09. The van der Waals surface area contributed by atoms with Crippen LogP contribution in [0.25, 0.3) is 11.1 Å². The van der Waals surface area contributed by atoms with E-state index in [9.17, 15) is 4.79 Å². The van der Waals surface area contributed by atoms with Crippen molar-refractivity contribution in [2.45, 2.75) is 13.8 Å². The molecule has 0 aliphatic heterocycles. The molecule has 0 aliphatic rings. The summed E-state index contributed by atoms with van der Waals surface area (Å²) >= 11 is 0. The van der Waals surface area contributed by atoms with E-state index in [-0.39, 0.29) is 0 Å². The van der Waals surface area contributed by atoms with E-state index in [2.05, 4.69) is 43.0 Å². The molecule has 0 fully saturated rings. The van der Waals surface area contributed by atoms with Gasteiger partial charge in [-0.3, -0.25) is 4.79 Å². The van der Waals surface area contributed by atoms with Gasteiger partial charge in [-0.1, -0.05) is 12.1 Å². The molecule has 0 saturated carbocycles. The SMILES string of the molecule is Cc1cc(C=O)cc(C)c1-c1ccc(N(C)C)cc1. The molecule has 0 heterocycles. The average Bonchev–Trinajstić information content (AvgIpc) is 2.38. The van der Waals surface area contributed by atoms with Gasteiger partial charge >= 0.3 is 0 Å². The van der Waals surface area contributed by atoms with E-state index in [1.807, 2.05) is 26.2 Å². The third kappa shape index (κ3) is 2.68. The topological polar surface area (TPSA) is 20.3 Å². The van der Waals surface area contributed by atoms with Crippen molar-refractivity contribution in [1.82, 2.24) is 0 Å². The quantitative estimate of drug-likeness (QED) is 0.774. The number of aryl methyl sites for hydroxylation is 2. The van der Waals surface area contributed by atoms with E-state index in [0.717, 1.165) is 23.0 Å². The number of hydrogen-bond donors (Lipinski definition) is 0. The van der Waals surface area contributed by atoms with Crippen molar-refractivity contribution in [1.29, 1.82) is 0 Å². The van der Waals surface area contributed by atoms with E-state index in [1.165, 1.54) is 16.8 Å². The summed E-state index contributed by atoms with van der Waals surface area (Å²) in [6.45, 7) is 4.10. The van der Waals surface area contributed by atoms with Gasteiger partial charge in [0.25, 0.3) is 0 Å². The summed E-state index contributed by atoms with van der Waals surface area (Å²) in [4.78, 5) is 13.0. The highest BCUT2D eigenvalue weighted by atomic mass is 16.1. The number of carbonyl (C=O) groups excluding carboxylic acids is 1. The van der Waals surface area contributed by atoms with Crippen LogP contribution in [0.3, 0.4) is 0 Å². The summed E-state index contributed by atoms with van der Waals surface area (Å²) in [5.74, 6) is 0. The van der Waals surface area contributed by atoms with Gasteiger partial charge in [-0.05, 0) is 60.4 Å². The highest BCUT2D eigenvalue weighted by molar-refractivity contribution is 5.81. The molecule has 2 aromatic carbocycles. The lowest BCUT2D eigenvalue weighted by atomic mass is 9.93. The molecule has 0 unspecified atom stereocenters. The highest BCUT2D eigenvalue weighted by Crippen LogP contribution is 2.29. The first-order valence-corrected chi connectivity index (χ1v) is 6.37. The molecule has 19 heavy (non-hydrogen) atoms. The fourth-order valence-electron chi connectivity index (χ4n) is 2.45. The van der Waals surface area contributed by atoms with E-state index in [1.54, 1.807) is 0 Å². The Morgan fingerprint density at radius 1 is 0.947 bits per heavy atom. The Balaban J connectivity index is 2.49. The molecular weight excluding hydrogens is 234 g/mol. The lowest BCUT2D eigenvalue weighted by molar-refractivity contribution is 0.112. The van der Waals surface area contributed by atoms with Crippen LogP contribution in [0.2, 0.25) is 0 Å². The van der Waals surface area contributed by atoms with Crippen LogP contribution in [0, 0.1) is 13.8 Å². The summed E-state index contributed by atoms with van der Waals surface area (Å²) in [7, 11) is 4.06. The van der Waals surface area contributed by atoms with Crippen molar-refractivity contribution in [3.8, 4) is 11.1 Å². The number of aldehydes is 1. The second kappa shape index (κ2) is 5.27. The van der Waals surface area contributed by atoms with Gasteiger partial charge in [-0.2, -0.15) is 0 Å². The number of benzene rings is 2. The summed E-state index contributed by atoms with van der Waals surface area (Å²) in [6, 6.07) is 12.4. The zero-order valence-electron chi connectivity index (χ0n) is 11.9. The normalized spacial score (nSPS) is 10.3. The summed E-state index contributed by atoms with van der Waals surface area (Å²) in [5, 5.41) is 0. The van der Waals surface area contributed by atoms with E-state index in [0.29, 0.717) is 0 Å². The van der Waals surface area contributed by atoms with Crippen LogP contribution in [0.4, 0.5) is 5.69 Å². The first-order valence-electron chi connectivity index (χ1n) is 6.37.